The van der Waals surface area contributed by atoms with Crippen LogP contribution in [0.3, 0.4) is 0 Å². The number of ether oxygens (including phenoxy) is 2. The maximum absolute atomic E-state index is 5.41. The first-order chi connectivity index (χ1) is 8.80. The number of methoxy groups -OCH3 is 2. The smallest absolute Gasteiger partial charge is 0.170 e. The zero-order valence-electron chi connectivity index (χ0n) is 10.7. The number of nitrogens with one attached hydrogen (secondary N) is 1. The van der Waals surface area contributed by atoms with Gasteiger partial charge in [-0.3, -0.25) is 4.98 Å². The quantitative estimate of drug-likeness (QED) is 0.898. The molecule has 0 unspecified atom stereocenters. The van der Waals surface area contributed by atoms with Gasteiger partial charge in [-0.1, -0.05) is 6.07 Å². The second-order valence-electron chi connectivity index (χ2n) is 3.72. The molecule has 2 rings (SSSR count). The van der Waals surface area contributed by atoms with Crippen molar-refractivity contribution in [2.45, 2.75) is 0 Å². The van der Waals surface area contributed by atoms with E-state index in [1.54, 1.807) is 20.4 Å². The van der Waals surface area contributed by atoms with Crippen LogP contribution in [0.5, 0.6) is 11.5 Å². The number of anilines is 1. The average Bonchev–Trinajstić information content (AvgIpc) is 2.46. The number of benzene rings is 1. The molecular weight excluding hydrogens is 228 g/mol. The maximum atomic E-state index is 5.41. The Balaban J connectivity index is 2.55. The lowest BCUT2D eigenvalue weighted by Gasteiger charge is -2.12. The van der Waals surface area contributed by atoms with E-state index >= 15 is 0 Å². The van der Waals surface area contributed by atoms with Crippen molar-refractivity contribution >= 4 is 5.69 Å². The van der Waals surface area contributed by atoms with E-state index in [9.17, 15) is 0 Å². The number of hydrogen-bond donors (Lipinski definition) is 1. The standard InChI is InChI=1S/C14H16N2O2/c1-15-10-7-8-16-12(9-10)11-5-4-6-13(17-2)14(11)18-3/h4-9H,1-3H3,(H,15,16). The van der Waals surface area contributed by atoms with Gasteiger partial charge < -0.3 is 14.8 Å². The summed E-state index contributed by atoms with van der Waals surface area (Å²) in [6.45, 7) is 0. The minimum Gasteiger partial charge on any atom is -0.493 e. The third kappa shape index (κ3) is 2.22. The second kappa shape index (κ2) is 5.40. The first kappa shape index (κ1) is 12.2. The van der Waals surface area contributed by atoms with Crippen molar-refractivity contribution in [3.05, 3.63) is 36.5 Å². The van der Waals surface area contributed by atoms with Crippen molar-refractivity contribution in [2.75, 3.05) is 26.6 Å². The van der Waals surface area contributed by atoms with Crippen LogP contribution >= 0.6 is 0 Å². The van der Waals surface area contributed by atoms with E-state index in [4.69, 9.17) is 9.47 Å². The van der Waals surface area contributed by atoms with Crippen molar-refractivity contribution < 1.29 is 9.47 Å². The van der Waals surface area contributed by atoms with Crippen molar-refractivity contribution in [1.82, 2.24) is 4.98 Å². The molecule has 0 amide bonds. The van der Waals surface area contributed by atoms with Crippen LogP contribution in [-0.4, -0.2) is 26.3 Å². The van der Waals surface area contributed by atoms with E-state index in [0.717, 1.165) is 16.9 Å². The fourth-order valence-corrected chi connectivity index (χ4v) is 1.82. The van der Waals surface area contributed by atoms with Gasteiger partial charge in [0.1, 0.15) is 0 Å². The molecule has 1 heterocycles. The minimum absolute atomic E-state index is 0.695. The summed E-state index contributed by atoms with van der Waals surface area (Å²) in [5.74, 6) is 1.40. The first-order valence-electron chi connectivity index (χ1n) is 5.65. The van der Waals surface area contributed by atoms with Crippen molar-refractivity contribution in [1.29, 1.82) is 0 Å². The van der Waals surface area contributed by atoms with Crippen molar-refractivity contribution in [3.63, 3.8) is 0 Å². The van der Waals surface area contributed by atoms with Crippen LogP contribution in [0.4, 0.5) is 5.69 Å². The summed E-state index contributed by atoms with van der Waals surface area (Å²) in [7, 11) is 5.13. The molecule has 4 nitrogen and oxygen atoms in total. The maximum Gasteiger partial charge on any atom is 0.170 e. The van der Waals surface area contributed by atoms with Gasteiger partial charge in [-0.25, -0.2) is 0 Å². The summed E-state index contributed by atoms with van der Waals surface area (Å²) in [4.78, 5) is 4.37. The number of nitrogens with zero attached hydrogens (tertiary/aromatic N) is 1. The molecule has 0 spiro atoms. The Bertz CT molecular complexity index is 541. The molecule has 0 aliphatic rings. The molecule has 0 aliphatic heterocycles. The molecule has 2 aromatic rings. The molecule has 0 atom stereocenters. The number of pyridine rings is 1. The Labute approximate surface area is 107 Å². The summed E-state index contributed by atoms with van der Waals surface area (Å²) >= 11 is 0. The lowest BCUT2D eigenvalue weighted by atomic mass is 10.1. The Morgan fingerprint density at radius 1 is 1.11 bits per heavy atom. The number of para-hydroxylation sites is 1. The first-order valence-corrected chi connectivity index (χ1v) is 5.65. The van der Waals surface area contributed by atoms with Gasteiger partial charge in [-0.05, 0) is 24.3 Å². The molecule has 0 radical (unpaired) electrons. The summed E-state index contributed by atoms with van der Waals surface area (Å²) in [5, 5.41) is 3.09. The van der Waals surface area contributed by atoms with Crippen LogP contribution in [0.15, 0.2) is 36.5 Å². The molecule has 0 fully saturated rings. The Morgan fingerprint density at radius 2 is 1.94 bits per heavy atom. The van der Waals surface area contributed by atoms with E-state index in [1.807, 2.05) is 37.4 Å². The highest BCUT2D eigenvalue weighted by Crippen LogP contribution is 2.37. The average molecular weight is 244 g/mol. The van der Waals surface area contributed by atoms with Crippen LogP contribution in [0.1, 0.15) is 0 Å². The fourth-order valence-electron chi connectivity index (χ4n) is 1.82. The number of aromatic nitrogens is 1. The largest absolute Gasteiger partial charge is 0.493 e. The van der Waals surface area contributed by atoms with E-state index in [1.165, 1.54) is 0 Å². The molecular formula is C14H16N2O2. The summed E-state index contributed by atoms with van der Waals surface area (Å²) in [6.07, 6.45) is 1.76. The molecule has 18 heavy (non-hydrogen) atoms. The van der Waals surface area contributed by atoms with Gasteiger partial charge in [0.05, 0.1) is 19.9 Å². The lowest BCUT2D eigenvalue weighted by Crippen LogP contribution is -1.95. The molecule has 0 saturated carbocycles. The van der Waals surface area contributed by atoms with Crippen LogP contribution in [0.25, 0.3) is 11.3 Å². The van der Waals surface area contributed by atoms with Gasteiger partial charge in [0, 0.05) is 24.5 Å². The summed E-state index contributed by atoms with van der Waals surface area (Å²) in [5.41, 5.74) is 2.76. The van der Waals surface area contributed by atoms with Crippen LogP contribution in [0, 0.1) is 0 Å². The van der Waals surface area contributed by atoms with Gasteiger partial charge in [0.2, 0.25) is 0 Å². The Morgan fingerprint density at radius 3 is 2.61 bits per heavy atom. The predicted octanol–water partition coefficient (Wildman–Crippen LogP) is 2.81. The van der Waals surface area contributed by atoms with E-state index in [-0.39, 0.29) is 0 Å². The van der Waals surface area contributed by atoms with E-state index in [0.29, 0.717) is 11.5 Å². The van der Waals surface area contributed by atoms with Gasteiger partial charge in [0.25, 0.3) is 0 Å². The zero-order chi connectivity index (χ0) is 13.0. The normalized spacial score (nSPS) is 9.94. The predicted molar refractivity (Wildman–Crippen MR) is 72.3 cm³/mol. The highest BCUT2D eigenvalue weighted by molar-refractivity contribution is 5.73. The fraction of sp³-hybridized carbons (Fsp3) is 0.214. The molecule has 4 heteroatoms. The van der Waals surface area contributed by atoms with Gasteiger partial charge >= 0.3 is 0 Å². The molecule has 0 saturated heterocycles. The van der Waals surface area contributed by atoms with E-state index < -0.39 is 0 Å². The number of rotatable bonds is 4. The highest BCUT2D eigenvalue weighted by atomic mass is 16.5. The molecule has 1 aromatic heterocycles. The van der Waals surface area contributed by atoms with Crippen LogP contribution < -0.4 is 14.8 Å². The second-order valence-corrected chi connectivity index (χ2v) is 3.72. The third-order valence-electron chi connectivity index (χ3n) is 2.73. The molecule has 94 valence electrons. The van der Waals surface area contributed by atoms with E-state index in [2.05, 4.69) is 10.3 Å². The van der Waals surface area contributed by atoms with Gasteiger partial charge in [0.15, 0.2) is 11.5 Å². The van der Waals surface area contributed by atoms with Gasteiger partial charge in [-0.2, -0.15) is 0 Å². The molecule has 1 aromatic carbocycles. The lowest BCUT2D eigenvalue weighted by molar-refractivity contribution is 0.356. The topological polar surface area (TPSA) is 43.4 Å². The van der Waals surface area contributed by atoms with Crippen molar-refractivity contribution in [2.24, 2.45) is 0 Å². The molecule has 0 bridgehead atoms. The van der Waals surface area contributed by atoms with Crippen LogP contribution in [0.2, 0.25) is 0 Å². The number of hydrogen-bond acceptors (Lipinski definition) is 4. The monoisotopic (exact) mass is 244 g/mol. The SMILES string of the molecule is CNc1ccnc(-c2cccc(OC)c2OC)c1. The molecule has 1 N–H and O–H groups in total. The minimum atomic E-state index is 0.695. The Kier molecular flexibility index (Phi) is 3.67. The van der Waals surface area contributed by atoms with Gasteiger partial charge in [-0.15, -0.1) is 0 Å². The highest BCUT2D eigenvalue weighted by Gasteiger charge is 2.12. The molecule has 0 aliphatic carbocycles. The van der Waals surface area contributed by atoms with Crippen LogP contribution in [-0.2, 0) is 0 Å². The zero-order valence-corrected chi connectivity index (χ0v) is 10.7. The summed E-state index contributed by atoms with van der Waals surface area (Å²) < 4.78 is 10.7. The van der Waals surface area contributed by atoms with Crippen molar-refractivity contribution in [3.8, 4) is 22.8 Å². The Hall–Kier alpha value is -2.23. The summed E-state index contributed by atoms with van der Waals surface area (Å²) in [6, 6.07) is 9.63. The third-order valence-corrected chi connectivity index (χ3v) is 2.73.